The van der Waals surface area contributed by atoms with E-state index in [-0.39, 0.29) is 12.5 Å². The second-order valence-electron chi connectivity index (χ2n) is 7.46. The number of fused-ring (bicyclic) bond motifs is 1. The van der Waals surface area contributed by atoms with E-state index in [4.69, 9.17) is 4.74 Å². The molecule has 1 saturated heterocycles. The topological polar surface area (TPSA) is 65.0 Å². The lowest BCUT2D eigenvalue weighted by Crippen LogP contribution is -2.49. The Morgan fingerprint density at radius 2 is 1.82 bits per heavy atom. The zero-order valence-corrected chi connectivity index (χ0v) is 16.0. The second-order valence-corrected chi connectivity index (χ2v) is 7.46. The summed E-state index contributed by atoms with van der Waals surface area (Å²) in [7, 11) is 0. The van der Waals surface area contributed by atoms with Crippen molar-refractivity contribution in [3.05, 3.63) is 54.1 Å². The maximum absolute atomic E-state index is 11.4. The fourth-order valence-electron chi connectivity index (χ4n) is 3.82. The van der Waals surface area contributed by atoms with Crippen LogP contribution < -0.4 is 15.0 Å². The average Bonchev–Trinajstić information content (AvgIpc) is 2.73. The number of piperazine rings is 1. The molecule has 6 heteroatoms. The van der Waals surface area contributed by atoms with Crippen LogP contribution in [0.5, 0.6) is 5.75 Å². The van der Waals surface area contributed by atoms with E-state index in [0.717, 1.165) is 49.6 Å². The van der Waals surface area contributed by atoms with Gasteiger partial charge in [-0.1, -0.05) is 18.2 Å². The number of aliphatic hydroxyl groups is 1. The van der Waals surface area contributed by atoms with Gasteiger partial charge in [0.1, 0.15) is 18.5 Å². The van der Waals surface area contributed by atoms with Crippen molar-refractivity contribution in [2.24, 2.45) is 0 Å². The molecule has 0 radical (unpaired) electrons. The molecule has 0 bridgehead atoms. The number of carbonyl (C=O) groups excluding carboxylic acids is 1. The number of aliphatic hydroxyl groups excluding tert-OH is 1. The fraction of sp³-hybridized carbons (Fsp3) is 0.409. The van der Waals surface area contributed by atoms with E-state index < -0.39 is 6.10 Å². The molecule has 1 fully saturated rings. The number of β-amino-alcohol motifs (C(OH)–C–C–N with tert-alkyl or cyclic N) is 1. The maximum atomic E-state index is 11.4. The zero-order chi connectivity index (χ0) is 19.3. The quantitative estimate of drug-likeness (QED) is 0.803. The Morgan fingerprint density at radius 3 is 2.61 bits per heavy atom. The maximum Gasteiger partial charge on any atom is 0.224 e. The lowest BCUT2D eigenvalue weighted by molar-refractivity contribution is -0.116. The molecule has 0 aromatic heterocycles. The number of hydrogen-bond donors (Lipinski definition) is 2. The minimum Gasteiger partial charge on any atom is -0.491 e. The number of anilines is 2. The van der Waals surface area contributed by atoms with Crippen molar-refractivity contribution in [2.45, 2.75) is 18.9 Å². The third-order valence-electron chi connectivity index (χ3n) is 5.38. The van der Waals surface area contributed by atoms with Gasteiger partial charge in [0.15, 0.2) is 0 Å². The van der Waals surface area contributed by atoms with Gasteiger partial charge >= 0.3 is 0 Å². The smallest absolute Gasteiger partial charge is 0.224 e. The van der Waals surface area contributed by atoms with Gasteiger partial charge in [-0.2, -0.15) is 0 Å². The third-order valence-corrected chi connectivity index (χ3v) is 5.38. The fourth-order valence-corrected chi connectivity index (χ4v) is 3.82. The van der Waals surface area contributed by atoms with Crippen LogP contribution in [0.15, 0.2) is 48.5 Å². The largest absolute Gasteiger partial charge is 0.491 e. The third kappa shape index (κ3) is 4.64. The van der Waals surface area contributed by atoms with Crippen LogP contribution in [0.25, 0.3) is 0 Å². The normalized spacial score (nSPS) is 18.3. The SMILES string of the molecule is O=C1CCc2cc(OC[C@H](O)CN3CCN(c4ccccc4)CC3)ccc2N1. The molecule has 0 aliphatic carbocycles. The minimum absolute atomic E-state index is 0.0592. The Morgan fingerprint density at radius 1 is 1.04 bits per heavy atom. The van der Waals surface area contributed by atoms with Gasteiger partial charge in [-0.05, 0) is 42.3 Å². The summed E-state index contributed by atoms with van der Waals surface area (Å²) in [6.07, 6.45) is 0.708. The Labute approximate surface area is 165 Å². The number of nitrogens with zero attached hydrogens (tertiary/aromatic N) is 2. The number of nitrogens with one attached hydrogen (secondary N) is 1. The molecule has 2 aliphatic rings. The van der Waals surface area contributed by atoms with Gasteiger partial charge in [0.05, 0.1) is 0 Å². The van der Waals surface area contributed by atoms with Crippen LogP contribution in [0.1, 0.15) is 12.0 Å². The van der Waals surface area contributed by atoms with Crippen LogP contribution in [-0.4, -0.2) is 61.3 Å². The first kappa shape index (κ1) is 18.8. The van der Waals surface area contributed by atoms with E-state index in [0.29, 0.717) is 13.0 Å². The number of carbonyl (C=O) groups is 1. The van der Waals surface area contributed by atoms with E-state index >= 15 is 0 Å². The molecule has 2 aliphatic heterocycles. The second kappa shape index (κ2) is 8.63. The summed E-state index contributed by atoms with van der Waals surface area (Å²) >= 11 is 0. The number of benzene rings is 2. The molecule has 1 atom stereocenters. The van der Waals surface area contributed by atoms with Crippen LogP contribution in [0.4, 0.5) is 11.4 Å². The lowest BCUT2D eigenvalue weighted by Gasteiger charge is -2.36. The van der Waals surface area contributed by atoms with E-state index in [1.54, 1.807) is 0 Å². The molecule has 1 amide bonds. The molecule has 2 N–H and O–H groups in total. The number of amides is 1. The average molecular weight is 381 g/mol. The molecule has 2 aromatic rings. The Hall–Kier alpha value is -2.57. The molecule has 148 valence electrons. The minimum atomic E-state index is -0.529. The van der Waals surface area contributed by atoms with E-state index in [2.05, 4.69) is 39.4 Å². The van der Waals surface area contributed by atoms with Crippen LogP contribution in [-0.2, 0) is 11.2 Å². The Bertz CT molecular complexity index is 804. The highest BCUT2D eigenvalue weighted by atomic mass is 16.5. The Balaban J connectivity index is 1.22. The van der Waals surface area contributed by atoms with Crippen molar-refractivity contribution in [3.8, 4) is 5.75 Å². The van der Waals surface area contributed by atoms with Crippen LogP contribution in [0.2, 0.25) is 0 Å². The van der Waals surface area contributed by atoms with Gasteiger partial charge in [0.25, 0.3) is 0 Å². The van der Waals surface area contributed by atoms with Crippen molar-refractivity contribution in [3.63, 3.8) is 0 Å². The summed E-state index contributed by atoms with van der Waals surface area (Å²) in [5.74, 6) is 0.798. The highest BCUT2D eigenvalue weighted by Crippen LogP contribution is 2.26. The Kier molecular flexibility index (Phi) is 5.78. The highest BCUT2D eigenvalue weighted by molar-refractivity contribution is 5.93. The number of aryl methyl sites for hydroxylation is 1. The van der Waals surface area contributed by atoms with Crippen LogP contribution in [0.3, 0.4) is 0 Å². The van der Waals surface area contributed by atoms with Crippen molar-refractivity contribution >= 4 is 17.3 Å². The summed E-state index contributed by atoms with van der Waals surface area (Å²) < 4.78 is 5.79. The first-order valence-electron chi connectivity index (χ1n) is 9.93. The van der Waals surface area contributed by atoms with Gasteiger partial charge in [-0.3, -0.25) is 9.69 Å². The molecule has 28 heavy (non-hydrogen) atoms. The summed E-state index contributed by atoms with van der Waals surface area (Å²) in [6.45, 7) is 4.69. The summed E-state index contributed by atoms with van der Waals surface area (Å²) in [5, 5.41) is 13.2. The monoisotopic (exact) mass is 381 g/mol. The molecule has 2 heterocycles. The van der Waals surface area contributed by atoms with Crippen molar-refractivity contribution < 1.29 is 14.6 Å². The van der Waals surface area contributed by atoms with Gasteiger partial charge in [0.2, 0.25) is 5.91 Å². The number of hydrogen-bond acceptors (Lipinski definition) is 5. The standard InChI is InChI=1S/C22H27N3O3/c26-19(15-24-10-12-25(13-11-24)18-4-2-1-3-5-18)16-28-20-7-8-21-17(14-20)6-9-22(27)23-21/h1-5,7-8,14,19,26H,6,9-13,15-16H2,(H,23,27)/t19-/m1/s1. The predicted octanol–water partition coefficient (Wildman–Crippen LogP) is 2.13. The summed E-state index contributed by atoms with van der Waals surface area (Å²) in [4.78, 5) is 16.1. The lowest BCUT2D eigenvalue weighted by atomic mass is 10.0. The summed E-state index contributed by atoms with van der Waals surface area (Å²) in [5.41, 5.74) is 3.21. The van der Waals surface area contributed by atoms with Gasteiger partial charge in [-0.25, -0.2) is 0 Å². The molecular formula is C22H27N3O3. The molecule has 0 unspecified atom stereocenters. The van der Waals surface area contributed by atoms with Crippen LogP contribution in [0, 0.1) is 0 Å². The number of para-hydroxylation sites is 1. The van der Waals surface area contributed by atoms with Gasteiger partial charge < -0.3 is 20.1 Å². The molecule has 2 aromatic carbocycles. The van der Waals surface area contributed by atoms with E-state index in [1.807, 2.05) is 24.3 Å². The van der Waals surface area contributed by atoms with Crippen LogP contribution >= 0.6 is 0 Å². The highest BCUT2D eigenvalue weighted by Gasteiger charge is 2.20. The van der Waals surface area contributed by atoms with Gasteiger partial charge in [0, 0.05) is 50.5 Å². The first-order chi connectivity index (χ1) is 13.7. The predicted molar refractivity (Wildman–Crippen MR) is 110 cm³/mol. The molecule has 4 rings (SSSR count). The van der Waals surface area contributed by atoms with Crippen molar-refractivity contribution in [1.29, 1.82) is 0 Å². The zero-order valence-electron chi connectivity index (χ0n) is 16.0. The molecule has 6 nitrogen and oxygen atoms in total. The van der Waals surface area contributed by atoms with E-state index in [9.17, 15) is 9.90 Å². The van der Waals surface area contributed by atoms with Gasteiger partial charge in [-0.15, -0.1) is 0 Å². The first-order valence-corrected chi connectivity index (χ1v) is 9.93. The summed E-state index contributed by atoms with van der Waals surface area (Å²) in [6, 6.07) is 16.1. The van der Waals surface area contributed by atoms with E-state index in [1.165, 1.54) is 5.69 Å². The molecular weight excluding hydrogens is 354 g/mol. The van der Waals surface area contributed by atoms with Crippen molar-refractivity contribution in [1.82, 2.24) is 4.90 Å². The molecule has 0 spiro atoms. The number of ether oxygens (including phenoxy) is 1. The molecule has 0 saturated carbocycles. The number of rotatable bonds is 6. The van der Waals surface area contributed by atoms with Crippen molar-refractivity contribution in [2.75, 3.05) is 49.5 Å².